The van der Waals surface area contributed by atoms with Crippen molar-refractivity contribution in [2.45, 2.75) is 31.6 Å². The number of unbranched alkanes of at least 4 members (excludes halogenated alkanes) is 1. The molecule has 3 rings (SSSR count). The van der Waals surface area contributed by atoms with Crippen LogP contribution in [0.2, 0.25) is 10.0 Å². The van der Waals surface area contributed by atoms with Gasteiger partial charge in [0.25, 0.3) is 0 Å². The fourth-order valence-electron chi connectivity index (χ4n) is 3.41. The Labute approximate surface area is 178 Å². The number of benzene rings is 2. The minimum Gasteiger partial charge on any atom is -0.354 e. The van der Waals surface area contributed by atoms with E-state index in [-0.39, 0.29) is 44.7 Å². The molecule has 0 aliphatic rings. The molecule has 0 spiro atoms. The molecule has 1 aromatic heterocycles. The fraction of sp³-hybridized carbons (Fsp3) is 0.300. The summed E-state index contributed by atoms with van der Waals surface area (Å²) < 4.78 is 81.0. The Balaban J connectivity index is 2.39. The topological polar surface area (TPSA) is 41.8 Å². The number of aromatic nitrogens is 1. The Hall–Kier alpha value is -1.90. The fourth-order valence-corrected chi connectivity index (χ4v) is 3.81. The summed E-state index contributed by atoms with van der Waals surface area (Å²) in [7, 11) is 0. The Morgan fingerprint density at radius 1 is 0.933 bits per heavy atom. The van der Waals surface area contributed by atoms with Gasteiger partial charge in [0.1, 0.15) is 0 Å². The van der Waals surface area contributed by atoms with Gasteiger partial charge in [-0.3, -0.25) is 0 Å². The molecular formula is C20H16Cl2F6N2. The van der Waals surface area contributed by atoms with E-state index < -0.39 is 23.5 Å². The molecule has 10 heteroatoms. The molecule has 0 atom stereocenters. The summed E-state index contributed by atoms with van der Waals surface area (Å²) in [5.74, 6) is 0. The summed E-state index contributed by atoms with van der Waals surface area (Å²) >= 11 is 12.3. The van der Waals surface area contributed by atoms with Gasteiger partial charge < -0.3 is 10.7 Å². The van der Waals surface area contributed by atoms with E-state index >= 15 is 0 Å². The van der Waals surface area contributed by atoms with E-state index in [1.165, 1.54) is 6.07 Å². The van der Waals surface area contributed by atoms with Crippen LogP contribution in [-0.2, 0) is 18.8 Å². The van der Waals surface area contributed by atoms with Gasteiger partial charge in [-0.2, -0.15) is 26.3 Å². The minimum atomic E-state index is -4.99. The third-order valence-electron chi connectivity index (χ3n) is 4.74. The Kier molecular flexibility index (Phi) is 6.32. The van der Waals surface area contributed by atoms with Crippen molar-refractivity contribution in [2.24, 2.45) is 5.73 Å². The van der Waals surface area contributed by atoms with Crippen LogP contribution >= 0.6 is 23.2 Å². The van der Waals surface area contributed by atoms with Crippen molar-refractivity contribution in [2.75, 3.05) is 6.54 Å². The first kappa shape index (κ1) is 22.8. The van der Waals surface area contributed by atoms with Gasteiger partial charge in [-0.25, -0.2) is 0 Å². The van der Waals surface area contributed by atoms with E-state index in [4.69, 9.17) is 28.9 Å². The van der Waals surface area contributed by atoms with Crippen molar-refractivity contribution < 1.29 is 26.3 Å². The lowest BCUT2D eigenvalue weighted by atomic mass is 9.96. The molecule has 1 heterocycles. The Morgan fingerprint density at radius 2 is 1.63 bits per heavy atom. The van der Waals surface area contributed by atoms with Crippen molar-refractivity contribution >= 4 is 34.1 Å². The van der Waals surface area contributed by atoms with Gasteiger partial charge in [0, 0.05) is 16.5 Å². The van der Waals surface area contributed by atoms with E-state index in [9.17, 15) is 26.3 Å². The SMILES string of the molecule is NCCCCc1c(-c2cccc(Cl)c2Cl)[nH]c2cc(C(F)(F)F)cc(C(F)(F)F)c12. The largest absolute Gasteiger partial charge is 0.417 e. The molecule has 2 aromatic carbocycles. The first-order chi connectivity index (χ1) is 13.9. The summed E-state index contributed by atoms with van der Waals surface area (Å²) in [6.07, 6.45) is -8.76. The number of halogens is 8. The highest BCUT2D eigenvalue weighted by Gasteiger charge is 2.39. The number of nitrogens with one attached hydrogen (secondary N) is 1. The van der Waals surface area contributed by atoms with Crippen molar-refractivity contribution in [3.63, 3.8) is 0 Å². The molecule has 0 radical (unpaired) electrons. The zero-order chi connectivity index (χ0) is 22.3. The van der Waals surface area contributed by atoms with E-state index in [0.29, 0.717) is 31.0 Å². The van der Waals surface area contributed by atoms with Crippen LogP contribution in [0.25, 0.3) is 22.2 Å². The van der Waals surface area contributed by atoms with Crippen molar-refractivity contribution in [3.05, 3.63) is 57.1 Å². The van der Waals surface area contributed by atoms with Gasteiger partial charge in [-0.05, 0) is 49.6 Å². The predicted octanol–water partition coefficient (Wildman–Crippen LogP) is 7.46. The quantitative estimate of drug-likeness (QED) is 0.296. The molecule has 0 bridgehead atoms. The summed E-state index contributed by atoms with van der Waals surface area (Å²) in [6, 6.07) is 5.44. The molecule has 162 valence electrons. The van der Waals surface area contributed by atoms with Gasteiger partial charge in [-0.1, -0.05) is 35.3 Å². The number of hydrogen-bond acceptors (Lipinski definition) is 1. The number of hydrogen-bond donors (Lipinski definition) is 2. The van der Waals surface area contributed by atoms with Crippen LogP contribution in [0.15, 0.2) is 30.3 Å². The van der Waals surface area contributed by atoms with Crippen LogP contribution in [0, 0.1) is 0 Å². The number of alkyl halides is 6. The maximum absolute atomic E-state index is 13.8. The van der Waals surface area contributed by atoms with E-state index in [1.807, 2.05) is 0 Å². The van der Waals surface area contributed by atoms with Gasteiger partial charge in [0.2, 0.25) is 0 Å². The molecule has 3 N–H and O–H groups in total. The normalized spacial score (nSPS) is 12.7. The third-order valence-corrected chi connectivity index (χ3v) is 5.56. The van der Waals surface area contributed by atoms with E-state index in [2.05, 4.69) is 4.98 Å². The molecule has 0 aliphatic heterocycles. The number of H-pyrrole nitrogens is 1. The smallest absolute Gasteiger partial charge is 0.354 e. The summed E-state index contributed by atoms with van der Waals surface area (Å²) in [6.45, 7) is 0.333. The predicted molar refractivity (Wildman–Crippen MR) is 106 cm³/mol. The lowest BCUT2D eigenvalue weighted by molar-refractivity contribution is -0.142. The second kappa shape index (κ2) is 8.32. The van der Waals surface area contributed by atoms with Gasteiger partial charge >= 0.3 is 12.4 Å². The summed E-state index contributed by atoms with van der Waals surface area (Å²) in [5, 5.41) is -0.0401. The number of rotatable bonds is 5. The van der Waals surface area contributed by atoms with Crippen molar-refractivity contribution in [1.29, 1.82) is 0 Å². The zero-order valence-electron chi connectivity index (χ0n) is 15.3. The van der Waals surface area contributed by atoms with Gasteiger partial charge in [0.05, 0.1) is 26.9 Å². The lowest BCUT2D eigenvalue weighted by Crippen LogP contribution is -2.11. The molecule has 0 aliphatic carbocycles. The van der Waals surface area contributed by atoms with Crippen molar-refractivity contribution in [1.82, 2.24) is 4.98 Å². The molecule has 3 aromatic rings. The van der Waals surface area contributed by atoms with Crippen LogP contribution in [0.3, 0.4) is 0 Å². The standard InChI is InChI=1S/C20H16Cl2F6N2/c21-14-6-3-5-12(17(14)22)18-11(4-1-2-7-29)16-13(20(26,27)28)8-10(19(23,24)25)9-15(16)30-18/h3,5-6,8-9,30H,1-2,4,7,29H2. The average Bonchev–Trinajstić information content (AvgIpc) is 3.00. The maximum Gasteiger partial charge on any atom is 0.417 e. The highest BCUT2D eigenvalue weighted by atomic mass is 35.5. The second-order valence-electron chi connectivity index (χ2n) is 6.77. The number of aryl methyl sites for hydroxylation is 1. The van der Waals surface area contributed by atoms with E-state index in [0.717, 1.165) is 0 Å². The van der Waals surface area contributed by atoms with Crippen LogP contribution in [0.4, 0.5) is 26.3 Å². The Bertz CT molecular complexity index is 1070. The molecule has 0 saturated heterocycles. The lowest BCUT2D eigenvalue weighted by Gasteiger charge is -2.14. The van der Waals surface area contributed by atoms with Crippen LogP contribution in [0.5, 0.6) is 0 Å². The van der Waals surface area contributed by atoms with Crippen molar-refractivity contribution in [3.8, 4) is 11.3 Å². The minimum absolute atomic E-state index is 0.0930. The first-order valence-electron chi connectivity index (χ1n) is 8.92. The molecule has 0 unspecified atom stereocenters. The average molecular weight is 469 g/mol. The molecular weight excluding hydrogens is 453 g/mol. The zero-order valence-corrected chi connectivity index (χ0v) is 16.8. The summed E-state index contributed by atoms with van der Waals surface area (Å²) in [4.78, 5) is 2.73. The molecule has 30 heavy (non-hydrogen) atoms. The van der Waals surface area contributed by atoms with Gasteiger partial charge in [0.15, 0.2) is 0 Å². The molecule has 0 saturated carbocycles. The maximum atomic E-state index is 13.8. The number of nitrogens with two attached hydrogens (primary N) is 1. The number of aromatic amines is 1. The van der Waals surface area contributed by atoms with Crippen LogP contribution < -0.4 is 5.73 Å². The summed E-state index contributed by atoms with van der Waals surface area (Å²) in [5.41, 5.74) is 3.22. The molecule has 0 fully saturated rings. The third kappa shape index (κ3) is 4.40. The molecule has 0 amide bonds. The highest BCUT2D eigenvalue weighted by molar-refractivity contribution is 6.43. The molecule has 2 nitrogen and oxygen atoms in total. The van der Waals surface area contributed by atoms with Gasteiger partial charge in [-0.15, -0.1) is 0 Å². The monoisotopic (exact) mass is 468 g/mol. The first-order valence-corrected chi connectivity index (χ1v) is 9.68. The van der Waals surface area contributed by atoms with Crippen LogP contribution in [0.1, 0.15) is 29.5 Å². The Morgan fingerprint density at radius 3 is 2.23 bits per heavy atom. The van der Waals surface area contributed by atoms with E-state index in [1.54, 1.807) is 12.1 Å². The highest BCUT2D eigenvalue weighted by Crippen LogP contribution is 2.45. The second-order valence-corrected chi connectivity index (χ2v) is 7.55. The van der Waals surface area contributed by atoms with Crippen LogP contribution in [-0.4, -0.2) is 11.5 Å². The number of fused-ring (bicyclic) bond motifs is 1.